The van der Waals surface area contributed by atoms with Gasteiger partial charge in [0.1, 0.15) is 0 Å². The van der Waals surface area contributed by atoms with Crippen LogP contribution in [0.15, 0.2) is 18.2 Å². The summed E-state index contributed by atoms with van der Waals surface area (Å²) < 4.78 is 0. The molecule has 20 heavy (non-hydrogen) atoms. The molecule has 108 valence electrons. The standard InChI is InChI=1S/C17H24N2O/c1-2-13-4-3-10-19(11-8-13)17(20)15-6-5-14-7-9-18-16(14)12-15/h5-6,12-13,18H,2-4,7-11H2,1H3. The fourth-order valence-corrected chi connectivity index (χ4v) is 3.38. The molecule has 2 aliphatic heterocycles. The summed E-state index contributed by atoms with van der Waals surface area (Å²) in [5, 5.41) is 3.36. The Morgan fingerprint density at radius 3 is 3.10 bits per heavy atom. The summed E-state index contributed by atoms with van der Waals surface area (Å²) in [5.74, 6) is 1.01. The predicted octanol–water partition coefficient (Wildman–Crippen LogP) is 3.31. The van der Waals surface area contributed by atoms with E-state index >= 15 is 0 Å². The van der Waals surface area contributed by atoms with E-state index in [1.807, 2.05) is 17.0 Å². The normalized spacial score (nSPS) is 22.1. The maximum absolute atomic E-state index is 12.6. The van der Waals surface area contributed by atoms with Crippen molar-refractivity contribution in [1.82, 2.24) is 4.90 Å². The molecule has 0 aromatic heterocycles. The van der Waals surface area contributed by atoms with Gasteiger partial charge in [-0.2, -0.15) is 0 Å². The second kappa shape index (κ2) is 5.86. The zero-order chi connectivity index (χ0) is 13.9. The lowest BCUT2D eigenvalue weighted by atomic mass is 9.98. The number of rotatable bonds is 2. The van der Waals surface area contributed by atoms with Gasteiger partial charge in [0, 0.05) is 30.9 Å². The van der Waals surface area contributed by atoms with E-state index < -0.39 is 0 Å². The molecule has 1 aromatic rings. The maximum Gasteiger partial charge on any atom is 0.253 e. The fourth-order valence-electron chi connectivity index (χ4n) is 3.38. The molecule has 0 radical (unpaired) electrons. The minimum Gasteiger partial charge on any atom is -0.384 e. The molecule has 1 aromatic carbocycles. The Hall–Kier alpha value is -1.51. The van der Waals surface area contributed by atoms with Gasteiger partial charge in [-0.25, -0.2) is 0 Å². The Kier molecular flexibility index (Phi) is 3.95. The molecule has 1 saturated heterocycles. The largest absolute Gasteiger partial charge is 0.384 e. The molecule has 1 atom stereocenters. The number of carbonyl (C=O) groups is 1. The third kappa shape index (κ3) is 2.67. The van der Waals surface area contributed by atoms with Crippen molar-refractivity contribution in [2.24, 2.45) is 5.92 Å². The van der Waals surface area contributed by atoms with Gasteiger partial charge in [-0.1, -0.05) is 19.4 Å². The molecule has 3 heteroatoms. The number of hydrogen-bond donors (Lipinski definition) is 1. The number of amides is 1. The summed E-state index contributed by atoms with van der Waals surface area (Å²) in [4.78, 5) is 14.7. The Morgan fingerprint density at radius 2 is 2.25 bits per heavy atom. The summed E-state index contributed by atoms with van der Waals surface area (Å²) in [6, 6.07) is 6.14. The van der Waals surface area contributed by atoms with Gasteiger partial charge in [0.25, 0.3) is 5.91 Å². The van der Waals surface area contributed by atoms with Gasteiger partial charge >= 0.3 is 0 Å². The molecule has 2 heterocycles. The van der Waals surface area contributed by atoms with Crippen molar-refractivity contribution in [2.75, 3.05) is 25.0 Å². The summed E-state index contributed by atoms with van der Waals surface area (Å²) >= 11 is 0. The van der Waals surface area contributed by atoms with Crippen molar-refractivity contribution in [3.8, 4) is 0 Å². The Bertz CT molecular complexity index is 498. The van der Waals surface area contributed by atoms with Gasteiger partial charge in [-0.3, -0.25) is 4.79 Å². The fraction of sp³-hybridized carbons (Fsp3) is 0.588. The van der Waals surface area contributed by atoms with Gasteiger partial charge < -0.3 is 10.2 Å². The zero-order valence-corrected chi connectivity index (χ0v) is 12.3. The van der Waals surface area contributed by atoms with Crippen LogP contribution in [-0.2, 0) is 6.42 Å². The molecule has 2 aliphatic rings. The smallest absolute Gasteiger partial charge is 0.253 e. The van der Waals surface area contributed by atoms with Crippen molar-refractivity contribution >= 4 is 11.6 Å². The Labute approximate surface area is 121 Å². The van der Waals surface area contributed by atoms with Gasteiger partial charge in [0.05, 0.1) is 0 Å². The predicted molar refractivity (Wildman–Crippen MR) is 82.2 cm³/mol. The van der Waals surface area contributed by atoms with E-state index in [0.717, 1.165) is 56.1 Å². The molecule has 1 amide bonds. The van der Waals surface area contributed by atoms with Crippen LogP contribution in [0.2, 0.25) is 0 Å². The molecule has 1 fully saturated rings. The first-order valence-corrected chi connectivity index (χ1v) is 7.94. The van der Waals surface area contributed by atoms with Gasteiger partial charge in [0.2, 0.25) is 0 Å². The van der Waals surface area contributed by atoms with E-state index in [-0.39, 0.29) is 5.91 Å². The average molecular weight is 272 g/mol. The van der Waals surface area contributed by atoms with Crippen molar-refractivity contribution in [1.29, 1.82) is 0 Å². The molecular formula is C17H24N2O. The minimum absolute atomic E-state index is 0.207. The van der Waals surface area contributed by atoms with E-state index in [4.69, 9.17) is 0 Å². The van der Waals surface area contributed by atoms with Gasteiger partial charge in [0.15, 0.2) is 0 Å². The lowest BCUT2D eigenvalue weighted by Crippen LogP contribution is -2.32. The van der Waals surface area contributed by atoms with Crippen LogP contribution < -0.4 is 5.32 Å². The van der Waals surface area contributed by atoms with Crippen LogP contribution >= 0.6 is 0 Å². The minimum atomic E-state index is 0.207. The Morgan fingerprint density at radius 1 is 1.35 bits per heavy atom. The van der Waals surface area contributed by atoms with Gasteiger partial charge in [-0.15, -0.1) is 0 Å². The van der Waals surface area contributed by atoms with Crippen LogP contribution in [0.1, 0.15) is 48.5 Å². The molecule has 0 bridgehead atoms. The lowest BCUT2D eigenvalue weighted by molar-refractivity contribution is 0.0760. The van der Waals surface area contributed by atoms with Crippen LogP contribution in [0, 0.1) is 5.92 Å². The number of anilines is 1. The molecule has 0 spiro atoms. The summed E-state index contributed by atoms with van der Waals surface area (Å²) in [7, 11) is 0. The molecule has 3 rings (SSSR count). The van der Waals surface area contributed by atoms with Crippen LogP contribution in [0.5, 0.6) is 0 Å². The van der Waals surface area contributed by atoms with Crippen LogP contribution in [-0.4, -0.2) is 30.4 Å². The topological polar surface area (TPSA) is 32.3 Å². The summed E-state index contributed by atoms with van der Waals surface area (Å²) in [6.45, 7) is 5.09. The third-order valence-electron chi connectivity index (χ3n) is 4.78. The van der Waals surface area contributed by atoms with E-state index in [1.54, 1.807) is 0 Å². The van der Waals surface area contributed by atoms with E-state index in [0.29, 0.717) is 0 Å². The van der Waals surface area contributed by atoms with Crippen molar-refractivity contribution < 1.29 is 4.79 Å². The van der Waals surface area contributed by atoms with Crippen molar-refractivity contribution in [3.05, 3.63) is 29.3 Å². The van der Waals surface area contributed by atoms with Crippen LogP contribution in [0.25, 0.3) is 0 Å². The first-order valence-electron chi connectivity index (χ1n) is 7.94. The number of nitrogens with one attached hydrogen (secondary N) is 1. The number of likely N-dealkylation sites (tertiary alicyclic amines) is 1. The summed E-state index contributed by atoms with van der Waals surface area (Å²) in [5.41, 5.74) is 3.33. The highest BCUT2D eigenvalue weighted by Gasteiger charge is 2.22. The number of hydrogen-bond acceptors (Lipinski definition) is 2. The number of fused-ring (bicyclic) bond motifs is 1. The first-order chi connectivity index (χ1) is 9.78. The van der Waals surface area contributed by atoms with E-state index in [2.05, 4.69) is 18.3 Å². The highest BCUT2D eigenvalue weighted by Crippen LogP contribution is 2.25. The van der Waals surface area contributed by atoms with E-state index in [1.165, 1.54) is 18.4 Å². The summed E-state index contributed by atoms with van der Waals surface area (Å²) in [6.07, 6.45) is 5.89. The van der Waals surface area contributed by atoms with Crippen LogP contribution in [0.4, 0.5) is 5.69 Å². The van der Waals surface area contributed by atoms with Crippen molar-refractivity contribution in [2.45, 2.75) is 39.0 Å². The lowest BCUT2D eigenvalue weighted by Gasteiger charge is -2.21. The number of nitrogens with zero attached hydrogens (tertiary/aromatic N) is 1. The molecule has 1 N–H and O–H groups in total. The van der Waals surface area contributed by atoms with Gasteiger partial charge in [-0.05, 0) is 49.3 Å². The molecule has 3 nitrogen and oxygen atoms in total. The molecule has 0 aliphatic carbocycles. The second-order valence-corrected chi connectivity index (χ2v) is 6.05. The molecular weight excluding hydrogens is 248 g/mol. The highest BCUT2D eigenvalue weighted by atomic mass is 16.2. The zero-order valence-electron chi connectivity index (χ0n) is 12.3. The first kappa shape index (κ1) is 13.5. The maximum atomic E-state index is 12.6. The van der Waals surface area contributed by atoms with Crippen molar-refractivity contribution in [3.63, 3.8) is 0 Å². The molecule has 0 saturated carbocycles. The van der Waals surface area contributed by atoms with E-state index in [9.17, 15) is 4.79 Å². The highest BCUT2D eigenvalue weighted by molar-refractivity contribution is 5.95. The average Bonchev–Trinajstić information content (AvgIpc) is 2.81. The SMILES string of the molecule is CCC1CCCN(C(=O)c2ccc3c(c2)NCC3)CC1. The quantitative estimate of drug-likeness (QED) is 0.896. The second-order valence-electron chi connectivity index (χ2n) is 6.05. The number of benzene rings is 1. The monoisotopic (exact) mass is 272 g/mol. The Balaban J connectivity index is 1.72. The molecule has 1 unspecified atom stereocenters. The van der Waals surface area contributed by atoms with Crippen LogP contribution in [0.3, 0.4) is 0 Å². The third-order valence-corrected chi connectivity index (χ3v) is 4.78. The number of carbonyl (C=O) groups excluding carboxylic acids is 1.